The Morgan fingerprint density at radius 3 is 2.34 bits per heavy atom. The zero-order chi connectivity index (χ0) is 20.2. The number of nitrogens with zero attached hydrogens (tertiary/aromatic N) is 2. The van der Waals surface area contributed by atoms with E-state index in [1.165, 1.54) is 0 Å². The van der Waals surface area contributed by atoms with Crippen LogP contribution >= 0.6 is 11.6 Å². The molecule has 0 bridgehead atoms. The maximum absolute atomic E-state index is 6.02. The highest BCUT2D eigenvalue weighted by Crippen LogP contribution is 2.28. The molecule has 29 heavy (non-hydrogen) atoms. The van der Waals surface area contributed by atoms with Crippen LogP contribution < -0.4 is 15.8 Å². The molecule has 0 radical (unpaired) electrons. The number of anilines is 1. The molecule has 0 fully saturated rings. The van der Waals surface area contributed by atoms with Gasteiger partial charge in [0.1, 0.15) is 17.4 Å². The first-order valence-corrected chi connectivity index (χ1v) is 9.67. The SMILES string of the molecule is COc1ccc(CNc2nc(CN)nc3ccc(-c4ccc(Cl)cc4)cc23)cc1. The molecule has 3 aromatic carbocycles. The average molecular weight is 405 g/mol. The van der Waals surface area contributed by atoms with E-state index in [1.807, 2.05) is 60.7 Å². The van der Waals surface area contributed by atoms with Gasteiger partial charge in [-0.25, -0.2) is 9.97 Å². The molecule has 0 atom stereocenters. The van der Waals surface area contributed by atoms with Gasteiger partial charge in [-0.15, -0.1) is 0 Å². The molecule has 5 nitrogen and oxygen atoms in total. The summed E-state index contributed by atoms with van der Waals surface area (Å²) in [5.41, 5.74) is 9.95. The minimum atomic E-state index is 0.284. The summed E-state index contributed by atoms with van der Waals surface area (Å²) in [4.78, 5) is 9.19. The Morgan fingerprint density at radius 2 is 1.66 bits per heavy atom. The summed E-state index contributed by atoms with van der Waals surface area (Å²) in [5, 5.41) is 5.10. The van der Waals surface area contributed by atoms with Crippen molar-refractivity contribution in [2.75, 3.05) is 12.4 Å². The van der Waals surface area contributed by atoms with E-state index in [0.717, 1.165) is 39.2 Å². The minimum absolute atomic E-state index is 0.284. The van der Waals surface area contributed by atoms with E-state index in [1.54, 1.807) is 7.11 Å². The molecule has 0 saturated carbocycles. The molecule has 6 heteroatoms. The zero-order valence-corrected chi connectivity index (χ0v) is 16.8. The summed E-state index contributed by atoms with van der Waals surface area (Å²) in [5.74, 6) is 2.20. The van der Waals surface area contributed by atoms with Crippen LogP contribution in [0.2, 0.25) is 5.02 Å². The highest BCUT2D eigenvalue weighted by Gasteiger charge is 2.09. The second kappa shape index (κ2) is 8.47. The number of aromatic nitrogens is 2. The van der Waals surface area contributed by atoms with Crippen molar-refractivity contribution < 1.29 is 4.74 Å². The van der Waals surface area contributed by atoms with Crippen molar-refractivity contribution in [3.05, 3.63) is 83.1 Å². The summed E-state index contributed by atoms with van der Waals surface area (Å²) in [6.07, 6.45) is 0. The molecule has 3 N–H and O–H groups in total. The molecular formula is C23H21ClN4O. The van der Waals surface area contributed by atoms with E-state index < -0.39 is 0 Å². The van der Waals surface area contributed by atoms with Crippen molar-refractivity contribution >= 4 is 28.3 Å². The average Bonchev–Trinajstić information content (AvgIpc) is 2.77. The number of ether oxygens (including phenoxy) is 1. The third-order valence-corrected chi connectivity index (χ3v) is 4.97. The van der Waals surface area contributed by atoms with Crippen LogP contribution in [0.25, 0.3) is 22.0 Å². The lowest BCUT2D eigenvalue weighted by Gasteiger charge is -2.12. The lowest BCUT2D eigenvalue weighted by Crippen LogP contribution is -2.08. The fourth-order valence-corrected chi connectivity index (χ4v) is 3.28. The second-order valence-electron chi connectivity index (χ2n) is 6.63. The molecule has 0 aliphatic heterocycles. The van der Waals surface area contributed by atoms with Crippen LogP contribution in [0.15, 0.2) is 66.7 Å². The van der Waals surface area contributed by atoms with Crippen LogP contribution in [-0.2, 0) is 13.1 Å². The molecule has 0 saturated heterocycles. The Hall–Kier alpha value is -3.15. The third-order valence-electron chi connectivity index (χ3n) is 4.72. The third kappa shape index (κ3) is 4.31. The smallest absolute Gasteiger partial charge is 0.144 e. The highest BCUT2D eigenvalue weighted by atomic mass is 35.5. The molecule has 1 aromatic heterocycles. The molecule has 0 spiro atoms. The van der Waals surface area contributed by atoms with Gasteiger partial charge in [0.2, 0.25) is 0 Å². The van der Waals surface area contributed by atoms with E-state index in [0.29, 0.717) is 17.4 Å². The molecule has 0 aliphatic carbocycles. The summed E-state index contributed by atoms with van der Waals surface area (Å²) in [6.45, 7) is 0.914. The topological polar surface area (TPSA) is 73.1 Å². The molecule has 0 unspecified atom stereocenters. The first kappa shape index (κ1) is 19.2. The van der Waals surface area contributed by atoms with Crippen molar-refractivity contribution in [3.63, 3.8) is 0 Å². The van der Waals surface area contributed by atoms with Crippen molar-refractivity contribution in [1.29, 1.82) is 0 Å². The maximum atomic E-state index is 6.02. The van der Waals surface area contributed by atoms with Crippen LogP contribution in [0.1, 0.15) is 11.4 Å². The fraction of sp³-hybridized carbons (Fsp3) is 0.130. The predicted octanol–water partition coefficient (Wildman–Crippen LogP) is 5.03. The Balaban J connectivity index is 1.69. The summed E-state index contributed by atoms with van der Waals surface area (Å²) < 4.78 is 5.22. The normalized spacial score (nSPS) is 10.9. The van der Waals surface area contributed by atoms with Gasteiger partial charge in [-0.1, -0.05) is 41.9 Å². The van der Waals surface area contributed by atoms with Crippen molar-refractivity contribution in [3.8, 4) is 16.9 Å². The standard InChI is InChI=1S/C23H21ClN4O/c1-29-19-9-2-15(3-10-19)14-26-23-20-12-17(16-4-7-18(24)8-5-16)6-11-21(20)27-22(13-25)28-23/h2-12H,13-14,25H2,1H3,(H,26,27,28). The van der Waals surface area contributed by atoms with Crippen LogP contribution in [0.4, 0.5) is 5.82 Å². The number of nitrogens with two attached hydrogens (primary N) is 1. The van der Waals surface area contributed by atoms with Crippen LogP contribution in [-0.4, -0.2) is 17.1 Å². The molecular weight excluding hydrogens is 384 g/mol. The lowest BCUT2D eigenvalue weighted by atomic mass is 10.0. The Labute approximate surface area is 174 Å². The number of nitrogens with one attached hydrogen (secondary N) is 1. The van der Waals surface area contributed by atoms with Crippen molar-refractivity contribution in [2.24, 2.45) is 5.73 Å². The molecule has 4 aromatic rings. The van der Waals surface area contributed by atoms with Gasteiger partial charge in [0.05, 0.1) is 19.2 Å². The van der Waals surface area contributed by atoms with E-state index in [4.69, 9.17) is 22.1 Å². The van der Waals surface area contributed by atoms with E-state index >= 15 is 0 Å². The summed E-state index contributed by atoms with van der Waals surface area (Å²) >= 11 is 6.02. The van der Waals surface area contributed by atoms with Gasteiger partial charge in [-0.2, -0.15) is 0 Å². The van der Waals surface area contributed by atoms with E-state index in [2.05, 4.69) is 21.4 Å². The first-order valence-electron chi connectivity index (χ1n) is 9.30. The van der Waals surface area contributed by atoms with Gasteiger partial charge in [-0.3, -0.25) is 0 Å². The van der Waals surface area contributed by atoms with Crippen LogP contribution in [0.5, 0.6) is 5.75 Å². The quantitative estimate of drug-likeness (QED) is 0.471. The number of hydrogen-bond donors (Lipinski definition) is 2. The van der Waals surface area contributed by atoms with Gasteiger partial charge < -0.3 is 15.8 Å². The second-order valence-corrected chi connectivity index (χ2v) is 7.07. The van der Waals surface area contributed by atoms with E-state index in [-0.39, 0.29) is 6.54 Å². The number of rotatable bonds is 6. The lowest BCUT2D eigenvalue weighted by molar-refractivity contribution is 0.414. The monoisotopic (exact) mass is 404 g/mol. The number of methoxy groups -OCH3 is 1. The Kier molecular flexibility index (Phi) is 5.60. The van der Waals surface area contributed by atoms with Gasteiger partial charge in [0.15, 0.2) is 0 Å². The predicted molar refractivity (Wildman–Crippen MR) is 118 cm³/mol. The van der Waals surface area contributed by atoms with Crippen molar-refractivity contribution in [1.82, 2.24) is 9.97 Å². The first-order chi connectivity index (χ1) is 14.2. The molecule has 4 rings (SSSR count). The molecule has 146 valence electrons. The number of benzene rings is 3. The van der Waals surface area contributed by atoms with Crippen LogP contribution in [0.3, 0.4) is 0 Å². The van der Waals surface area contributed by atoms with Crippen molar-refractivity contribution in [2.45, 2.75) is 13.1 Å². The molecule has 0 amide bonds. The highest BCUT2D eigenvalue weighted by molar-refractivity contribution is 6.30. The van der Waals surface area contributed by atoms with Gasteiger partial charge in [0, 0.05) is 17.0 Å². The number of hydrogen-bond acceptors (Lipinski definition) is 5. The van der Waals surface area contributed by atoms with Gasteiger partial charge in [0.25, 0.3) is 0 Å². The van der Waals surface area contributed by atoms with Crippen LogP contribution in [0, 0.1) is 0 Å². The Bertz CT molecular complexity index is 1130. The summed E-state index contributed by atoms with van der Waals surface area (Å²) in [7, 11) is 1.66. The zero-order valence-electron chi connectivity index (χ0n) is 16.0. The number of fused-ring (bicyclic) bond motifs is 1. The summed E-state index contributed by atoms with van der Waals surface area (Å²) in [6, 6.07) is 21.9. The minimum Gasteiger partial charge on any atom is -0.497 e. The number of halogens is 1. The largest absolute Gasteiger partial charge is 0.497 e. The fourth-order valence-electron chi connectivity index (χ4n) is 3.15. The molecule has 0 aliphatic rings. The van der Waals surface area contributed by atoms with Gasteiger partial charge >= 0.3 is 0 Å². The van der Waals surface area contributed by atoms with Gasteiger partial charge in [-0.05, 0) is 53.1 Å². The Morgan fingerprint density at radius 1 is 0.931 bits per heavy atom. The van der Waals surface area contributed by atoms with E-state index in [9.17, 15) is 0 Å². The molecule has 1 heterocycles. The maximum Gasteiger partial charge on any atom is 0.144 e.